The lowest BCUT2D eigenvalue weighted by Gasteiger charge is -2.18. The highest BCUT2D eigenvalue weighted by Crippen LogP contribution is 2.36. The molecular formula is C17H18F3N6O2-. The van der Waals surface area contributed by atoms with Gasteiger partial charge in [-0.2, -0.15) is 13.2 Å². The summed E-state index contributed by atoms with van der Waals surface area (Å²) in [5, 5.41) is 13.8. The number of amides is 2. The van der Waals surface area contributed by atoms with Crippen molar-refractivity contribution in [2.45, 2.75) is 25.4 Å². The van der Waals surface area contributed by atoms with E-state index in [1.54, 1.807) is 12.3 Å². The van der Waals surface area contributed by atoms with Gasteiger partial charge in [-0.05, 0) is 12.0 Å². The number of fused-ring (bicyclic) bond motifs is 3. The monoisotopic (exact) mass is 395 g/mol. The lowest BCUT2D eigenvalue weighted by atomic mass is 9.91. The van der Waals surface area contributed by atoms with E-state index in [1.165, 1.54) is 17.3 Å². The van der Waals surface area contributed by atoms with Crippen LogP contribution in [0.3, 0.4) is 0 Å². The van der Waals surface area contributed by atoms with Crippen LogP contribution in [0.25, 0.3) is 16.8 Å². The molecular weight excluding hydrogens is 377 g/mol. The fraction of sp³-hybridized carbons (Fsp3) is 0.471. The summed E-state index contributed by atoms with van der Waals surface area (Å²) in [5.74, 6) is -0.0497. The standard InChI is InChI=1S/C17H18F3N6O2/c1-2-10-7-24(16(27)23-9-17(18,19)20)8-11(10)13-5-21-14-6-22-15-12(26(13)14)3-4-25(15)28/h3-6,10-11H,2,7-9H2,1H3,(H,23,27)/q-1/t10-,11+/m1/s1. The Morgan fingerprint density at radius 2 is 2.11 bits per heavy atom. The number of nitrogens with one attached hydrogen (secondary N) is 1. The molecule has 1 fully saturated rings. The second-order valence-corrected chi connectivity index (χ2v) is 6.94. The van der Waals surface area contributed by atoms with Gasteiger partial charge >= 0.3 is 12.2 Å². The number of nitrogens with zero attached hydrogens (tertiary/aromatic N) is 5. The summed E-state index contributed by atoms with van der Waals surface area (Å²) in [6, 6.07) is 0.918. The predicted molar refractivity (Wildman–Crippen MR) is 94.8 cm³/mol. The number of carbonyl (C=O) groups excluding carboxylic acids is 1. The molecule has 0 aliphatic carbocycles. The normalized spacial score (nSPS) is 20.4. The van der Waals surface area contributed by atoms with Gasteiger partial charge in [0.1, 0.15) is 6.54 Å². The van der Waals surface area contributed by atoms with Crippen molar-refractivity contribution in [3.05, 3.63) is 35.6 Å². The molecule has 1 N–H and O–H groups in total. The summed E-state index contributed by atoms with van der Waals surface area (Å²) in [6.45, 7) is 1.25. The van der Waals surface area contributed by atoms with Gasteiger partial charge in [-0.1, -0.05) is 13.3 Å². The van der Waals surface area contributed by atoms with Crippen LogP contribution >= 0.6 is 0 Å². The minimum absolute atomic E-state index is 0.0640. The second-order valence-electron chi connectivity index (χ2n) is 6.94. The molecule has 0 bridgehead atoms. The Kier molecular flexibility index (Phi) is 4.31. The fourth-order valence-electron chi connectivity index (χ4n) is 3.88. The van der Waals surface area contributed by atoms with Crippen molar-refractivity contribution >= 4 is 22.8 Å². The molecule has 0 aromatic carbocycles. The molecule has 2 amide bonds. The van der Waals surface area contributed by atoms with Crippen molar-refractivity contribution in [3.8, 4) is 0 Å². The van der Waals surface area contributed by atoms with Gasteiger partial charge in [0, 0.05) is 37.1 Å². The molecule has 3 aromatic rings. The van der Waals surface area contributed by atoms with Crippen LogP contribution in [0.15, 0.2) is 24.7 Å². The fourth-order valence-corrected chi connectivity index (χ4v) is 3.88. The lowest BCUT2D eigenvalue weighted by molar-refractivity contribution is -0.123. The quantitative estimate of drug-likeness (QED) is 0.738. The SMILES string of the molecule is CC[C@@H]1CN(C(=O)NCC(F)(F)F)C[C@@H]1c1cnc2cnc3c(ccn3[O-])n12. The van der Waals surface area contributed by atoms with Crippen LogP contribution in [0.4, 0.5) is 18.0 Å². The summed E-state index contributed by atoms with van der Waals surface area (Å²) in [7, 11) is 0. The third kappa shape index (κ3) is 3.10. The maximum atomic E-state index is 12.4. The van der Waals surface area contributed by atoms with E-state index in [-0.39, 0.29) is 24.0 Å². The Morgan fingerprint density at radius 1 is 1.32 bits per heavy atom. The van der Waals surface area contributed by atoms with Gasteiger partial charge in [-0.3, -0.25) is 4.40 Å². The zero-order valence-electron chi connectivity index (χ0n) is 15.0. The number of likely N-dealkylation sites (tertiary alicyclic amines) is 1. The molecule has 4 rings (SSSR count). The van der Waals surface area contributed by atoms with Crippen LogP contribution in [-0.4, -0.2) is 55.8 Å². The average molecular weight is 395 g/mol. The number of alkyl halides is 3. The zero-order valence-corrected chi connectivity index (χ0v) is 15.0. The van der Waals surface area contributed by atoms with Crippen molar-refractivity contribution in [2.24, 2.45) is 5.92 Å². The van der Waals surface area contributed by atoms with Crippen molar-refractivity contribution < 1.29 is 18.0 Å². The molecule has 0 saturated carbocycles. The number of halogens is 3. The van der Waals surface area contributed by atoms with Crippen molar-refractivity contribution in [1.29, 1.82) is 0 Å². The number of hydrogen-bond acceptors (Lipinski definition) is 4. The third-order valence-corrected chi connectivity index (χ3v) is 5.24. The maximum Gasteiger partial charge on any atom is 0.405 e. The van der Waals surface area contributed by atoms with E-state index in [0.29, 0.717) is 22.4 Å². The first-order valence-corrected chi connectivity index (χ1v) is 8.89. The minimum atomic E-state index is -4.45. The van der Waals surface area contributed by atoms with E-state index in [9.17, 15) is 23.2 Å². The van der Waals surface area contributed by atoms with Crippen molar-refractivity contribution in [3.63, 3.8) is 0 Å². The van der Waals surface area contributed by atoms with Crippen LogP contribution in [0.1, 0.15) is 25.0 Å². The molecule has 1 saturated heterocycles. The molecule has 28 heavy (non-hydrogen) atoms. The van der Waals surface area contributed by atoms with Gasteiger partial charge in [-0.15, -0.1) is 0 Å². The molecule has 11 heteroatoms. The van der Waals surface area contributed by atoms with E-state index in [0.717, 1.165) is 12.1 Å². The zero-order chi connectivity index (χ0) is 20.1. The lowest BCUT2D eigenvalue weighted by Crippen LogP contribution is -2.42. The third-order valence-electron chi connectivity index (χ3n) is 5.24. The first-order valence-electron chi connectivity index (χ1n) is 8.89. The summed E-state index contributed by atoms with van der Waals surface area (Å²) < 4.78 is 39.7. The second kappa shape index (κ2) is 6.57. The van der Waals surface area contributed by atoms with Gasteiger partial charge < -0.3 is 20.2 Å². The highest BCUT2D eigenvalue weighted by atomic mass is 19.4. The Bertz CT molecular complexity index is 1030. The molecule has 1 aliphatic rings. The Morgan fingerprint density at radius 3 is 2.82 bits per heavy atom. The summed E-state index contributed by atoms with van der Waals surface area (Å²) >= 11 is 0. The molecule has 0 spiro atoms. The minimum Gasteiger partial charge on any atom is -0.805 e. The number of rotatable bonds is 3. The van der Waals surface area contributed by atoms with Crippen LogP contribution in [0, 0.1) is 11.1 Å². The average Bonchev–Trinajstić information content (AvgIpc) is 3.34. The summed E-state index contributed by atoms with van der Waals surface area (Å²) in [4.78, 5) is 22.1. The number of hydrogen-bond donors (Lipinski definition) is 1. The Balaban J connectivity index is 1.65. The molecule has 0 radical (unpaired) electrons. The van der Waals surface area contributed by atoms with Crippen molar-refractivity contribution in [2.75, 3.05) is 19.6 Å². The number of imidazole rings is 1. The highest BCUT2D eigenvalue weighted by Gasteiger charge is 2.38. The Hall–Kier alpha value is -2.98. The molecule has 150 valence electrons. The van der Waals surface area contributed by atoms with Gasteiger partial charge in [0.05, 0.1) is 11.7 Å². The largest absolute Gasteiger partial charge is 0.805 e. The van der Waals surface area contributed by atoms with E-state index in [4.69, 9.17) is 0 Å². The van der Waals surface area contributed by atoms with Gasteiger partial charge in [0.2, 0.25) is 0 Å². The van der Waals surface area contributed by atoms with Crippen LogP contribution in [0.2, 0.25) is 0 Å². The summed E-state index contributed by atoms with van der Waals surface area (Å²) in [5.41, 5.74) is 2.25. The smallest absolute Gasteiger partial charge is 0.405 e. The predicted octanol–water partition coefficient (Wildman–Crippen LogP) is 2.73. The summed E-state index contributed by atoms with van der Waals surface area (Å²) in [6.07, 6.45) is 0.846. The van der Waals surface area contributed by atoms with Gasteiger partial charge in [0.25, 0.3) is 0 Å². The number of carbonyl (C=O) groups is 1. The van der Waals surface area contributed by atoms with E-state index < -0.39 is 18.8 Å². The topological polar surface area (TPSA) is 90.5 Å². The van der Waals surface area contributed by atoms with Crippen LogP contribution in [-0.2, 0) is 0 Å². The van der Waals surface area contributed by atoms with E-state index in [1.807, 2.05) is 16.6 Å². The van der Waals surface area contributed by atoms with Gasteiger partial charge in [-0.25, -0.2) is 14.8 Å². The molecule has 3 aromatic heterocycles. The molecule has 8 nitrogen and oxygen atoms in total. The Labute approximate surface area is 157 Å². The molecule has 1 aliphatic heterocycles. The number of urea groups is 1. The van der Waals surface area contributed by atoms with Gasteiger partial charge in [0.15, 0.2) is 11.3 Å². The number of aromatic nitrogens is 4. The molecule has 4 heterocycles. The highest BCUT2D eigenvalue weighted by molar-refractivity contribution is 5.76. The molecule has 0 unspecified atom stereocenters. The van der Waals surface area contributed by atoms with Crippen molar-refractivity contribution in [1.82, 2.24) is 29.3 Å². The molecule has 2 atom stereocenters. The maximum absolute atomic E-state index is 12.4. The van der Waals surface area contributed by atoms with Crippen LogP contribution in [0.5, 0.6) is 0 Å². The first-order chi connectivity index (χ1) is 13.3. The first kappa shape index (κ1) is 18.4. The van der Waals surface area contributed by atoms with E-state index >= 15 is 0 Å². The van der Waals surface area contributed by atoms with Crippen LogP contribution < -0.4 is 5.32 Å². The van der Waals surface area contributed by atoms with E-state index in [2.05, 4.69) is 9.97 Å².